The fourth-order valence-corrected chi connectivity index (χ4v) is 0.774. The molecule has 0 aliphatic heterocycles. The Morgan fingerprint density at radius 3 is 2.30 bits per heavy atom. The Balaban J connectivity index is 0. The van der Waals surface area contributed by atoms with Crippen molar-refractivity contribution in [2.24, 2.45) is 0 Å². The standard InChI is InChI=1S/C8H10O.Li.H/c9-7-6-8-4-2-1-3-5-8;;/h1-5,9H,6-7H2;;/q;+1;-1. The third kappa shape index (κ3) is 3.08. The molecule has 0 spiro atoms. The Kier molecular flexibility index (Phi) is 5.43. The van der Waals surface area contributed by atoms with Crippen molar-refractivity contribution in [2.75, 3.05) is 6.61 Å². The third-order valence-corrected chi connectivity index (χ3v) is 1.24. The SMILES string of the molecule is OCCc1ccccc1.[H-].[Li+]. The second-order valence-corrected chi connectivity index (χ2v) is 1.96. The normalized spacial score (nSPS) is 8.50. The molecule has 0 bridgehead atoms. The first kappa shape index (κ1) is 9.78. The summed E-state index contributed by atoms with van der Waals surface area (Å²) in [5.41, 5.74) is 1.19. The van der Waals surface area contributed by atoms with Crippen LogP contribution in [0.15, 0.2) is 30.3 Å². The Morgan fingerprint density at radius 2 is 1.80 bits per heavy atom. The van der Waals surface area contributed by atoms with Crippen LogP contribution in [-0.2, 0) is 6.42 Å². The van der Waals surface area contributed by atoms with Crippen LogP contribution >= 0.6 is 0 Å². The average molecular weight is 130 g/mol. The van der Waals surface area contributed by atoms with Gasteiger partial charge in [-0.25, -0.2) is 0 Å². The first-order chi connectivity index (χ1) is 4.43. The maximum atomic E-state index is 8.52. The molecule has 10 heavy (non-hydrogen) atoms. The number of aliphatic hydroxyl groups is 1. The van der Waals surface area contributed by atoms with E-state index in [0.29, 0.717) is 0 Å². The van der Waals surface area contributed by atoms with E-state index in [1.54, 1.807) is 0 Å². The molecule has 0 amide bonds. The van der Waals surface area contributed by atoms with Gasteiger partial charge in [0.1, 0.15) is 0 Å². The van der Waals surface area contributed by atoms with Crippen molar-refractivity contribution in [3.8, 4) is 0 Å². The van der Waals surface area contributed by atoms with Crippen LogP contribution in [0.3, 0.4) is 0 Å². The van der Waals surface area contributed by atoms with E-state index < -0.39 is 0 Å². The van der Waals surface area contributed by atoms with Crippen LogP contribution < -0.4 is 18.9 Å². The van der Waals surface area contributed by atoms with Gasteiger partial charge in [0.2, 0.25) is 0 Å². The molecule has 0 aromatic heterocycles. The second-order valence-electron chi connectivity index (χ2n) is 1.96. The molecule has 0 atom stereocenters. The van der Waals surface area contributed by atoms with Gasteiger partial charge in [-0.3, -0.25) is 0 Å². The van der Waals surface area contributed by atoms with Gasteiger partial charge in [-0.1, -0.05) is 30.3 Å². The van der Waals surface area contributed by atoms with Gasteiger partial charge in [-0.2, -0.15) is 0 Å². The zero-order valence-corrected chi connectivity index (χ0v) is 6.25. The molecule has 0 saturated heterocycles. The van der Waals surface area contributed by atoms with Gasteiger partial charge in [0.25, 0.3) is 0 Å². The molecule has 1 aromatic carbocycles. The zero-order chi connectivity index (χ0) is 6.53. The summed E-state index contributed by atoms with van der Waals surface area (Å²) in [6.07, 6.45) is 0.765. The molecular weight excluding hydrogens is 119 g/mol. The second kappa shape index (κ2) is 5.55. The van der Waals surface area contributed by atoms with Gasteiger partial charge in [-0.15, -0.1) is 0 Å². The number of hydrogen-bond donors (Lipinski definition) is 1. The van der Waals surface area contributed by atoms with Crippen LogP contribution in [0.4, 0.5) is 0 Å². The summed E-state index contributed by atoms with van der Waals surface area (Å²) in [6, 6.07) is 9.95. The van der Waals surface area contributed by atoms with E-state index in [1.807, 2.05) is 30.3 Å². The topological polar surface area (TPSA) is 20.2 Å². The largest absolute Gasteiger partial charge is 1.00 e. The Labute approximate surface area is 74.7 Å². The monoisotopic (exact) mass is 130 g/mol. The maximum Gasteiger partial charge on any atom is 1.00 e. The average Bonchev–Trinajstić information content (AvgIpc) is 1.91. The molecule has 0 radical (unpaired) electrons. The maximum absolute atomic E-state index is 8.52. The minimum absolute atomic E-state index is 0. The van der Waals surface area contributed by atoms with Crippen molar-refractivity contribution >= 4 is 0 Å². The smallest absolute Gasteiger partial charge is 1.00 e. The van der Waals surface area contributed by atoms with Gasteiger partial charge >= 0.3 is 18.9 Å². The summed E-state index contributed by atoms with van der Waals surface area (Å²) in [4.78, 5) is 0. The van der Waals surface area contributed by atoms with Crippen LogP contribution in [-0.4, -0.2) is 11.7 Å². The molecule has 1 rings (SSSR count). The summed E-state index contributed by atoms with van der Waals surface area (Å²) < 4.78 is 0. The summed E-state index contributed by atoms with van der Waals surface area (Å²) >= 11 is 0. The third-order valence-electron chi connectivity index (χ3n) is 1.24. The van der Waals surface area contributed by atoms with Crippen LogP contribution in [0.1, 0.15) is 6.99 Å². The summed E-state index contributed by atoms with van der Waals surface area (Å²) in [7, 11) is 0. The van der Waals surface area contributed by atoms with Crippen LogP contribution in [0.5, 0.6) is 0 Å². The number of aliphatic hydroxyl groups excluding tert-OH is 1. The molecule has 0 fully saturated rings. The van der Waals surface area contributed by atoms with Gasteiger partial charge in [0.05, 0.1) is 0 Å². The van der Waals surface area contributed by atoms with E-state index in [0.717, 1.165) is 6.42 Å². The molecule has 0 unspecified atom stereocenters. The fraction of sp³-hybridized carbons (Fsp3) is 0.250. The predicted octanol–water partition coefficient (Wildman–Crippen LogP) is -1.66. The van der Waals surface area contributed by atoms with Gasteiger partial charge < -0.3 is 6.53 Å². The molecule has 1 nitrogen and oxygen atoms in total. The van der Waals surface area contributed by atoms with E-state index in [-0.39, 0.29) is 26.9 Å². The van der Waals surface area contributed by atoms with Crippen molar-refractivity contribution in [2.45, 2.75) is 6.42 Å². The minimum Gasteiger partial charge on any atom is -1.00 e. The van der Waals surface area contributed by atoms with Crippen molar-refractivity contribution in [3.05, 3.63) is 35.9 Å². The molecule has 50 valence electrons. The predicted molar refractivity (Wildman–Crippen MR) is 38.3 cm³/mol. The van der Waals surface area contributed by atoms with Crippen molar-refractivity contribution in [1.29, 1.82) is 0 Å². The summed E-state index contributed by atoms with van der Waals surface area (Å²) in [6.45, 7) is 0.240. The number of hydrogen-bond acceptors (Lipinski definition) is 1. The molecule has 0 heterocycles. The van der Waals surface area contributed by atoms with Crippen molar-refractivity contribution in [3.63, 3.8) is 0 Å². The Hall–Kier alpha value is -0.223. The Bertz CT molecular complexity index is 167. The van der Waals surface area contributed by atoms with Crippen LogP contribution in [0.2, 0.25) is 0 Å². The van der Waals surface area contributed by atoms with Crippen molar-refractivity contribution in [1.82, 2.24) is 0 Å². The summed E-state index contributed by atoms with van der Waals surface area (Å²) in [5.74, 6) is 0. The van der Waals surface area contributed by atoms with Crippen LogP contribution in [0, 0.1) is 0 Å². The first-order valence-electron chi connectivity index (χ1n) is 3.08. The molecule has 0 aliphatic rings. The molecular formula is C8H11LiO. The van der Waals surface area contributed by atoms with E-state index in [4.69, 9.17) is 5.11 Å². The first-order valence-corrected chi connectivity index (χ1v) is 3.08. The molecule has 0 saturated carbocycles. The molecule has 1 aromatic rings. The van der Waals surface area contributed by atoms with Crippen LogP contribution in [0.25, 0.3) is 0 Å². The van der Waals surface area contributed by atoms with E-state index in [1.165, 1.54) is 5.56 Å². The quantitative estimate of drug-likeness (QED) is 0.475. The van der Waals surface area contributed by atoms with E-state index in [2.05, 4.69) is 0 Å². The van der Waals surface area contributed by atoms with E-state index >= 15 is 0 Å². The zero-order valence-electron chi connectivity index (χ0n) is 7.25. The van der Waals surface area contributed by atoms with Gasteiger partial charge in [0, 0.05) is 6.61 Å². The minimum atomic E-state index is 0. The molecule has 1 N–H and O–H groups in total. The number of rotatable bonds is 2. The fourth-order valence-electron chi connectivity index (χ4n) is 0.774. The Morgan fingerprint density at radius 1 is 1.20 bits per heavy atom. The van der Waals surface area contributed by atoms with E-state index in [9.17, 15) is 0 Å². The van der Waals surface area contributed by atoms with Gasteiger partial charge in [0.15, 0.2) is 0 Å². The molecule has 2 heteroatoms. The van der Waals surface area contributed by atoms with Crippen molar-refractivity contribution < 1.29 is 25.4 Å². The summed E-state index contributed by atoms with van der Waals surface area (Å²) in [5, 5.41) is 8.52. The van der Waals surface area contributed by atoms with Gasteiger partial charge in [-0.05, 0) is 12.0 Å². The molecule has 0 aliphatic carbocycles. The number of benzene rings is 1.